The topological polar surface area (TPSA) is 75.8 Å². The summed E-state index contributed by atoms with van der Waals surface area (Å²) in [6, 6.07) is 12.7. The van der Waals surface area contributed by atoms with Crippen LogP contribution in [0.3, 0.4) is 0 Å². The first-order valence-corrected chi connectivity index (χ1v) is 6.33. The zero-order valence-electron chi connectivity index (χ0n) is 9.72. The first-order chi connectivity index (χ1) is 9.17. The van der Waals surface area contributed by atoms with Gasteiger partial charge in [-0.3, -0.25) is 0 Å². The van der Waals surface area contributed by atoms with Crippen LogP contribution < -0.4 is 5.73 Å². The van der Waals surface area contributed by atoms with E-state index in [2.05, 4.69) is 27.0 Å². The predicted octanol–water partition coefficient (Wildman–Crippen LogP) is 3.71. The van der Waals surface area contributed by atoms with Crippen molar-refractivity contribution in [1.82, 2.24) is 4.98 Å². The van der Waals surface area contributed by atoms with Gasteiger partial charge in [0.15, 0.2) is 5.58 Å². The molecule has 19 heavy (non-hydrogen) atoms. The van der Waals surface area contributed by atoms with Gasteiger partial charge in [-0.2, -0.15) is 5.26 Å². The van der Waals surface area contributed by atoms with E-state index >= 15 is 0 Å². The Hall–Kier alpha value is -2.32. The monoisotopic (exact) mass is 313 g/mol. The molecule has 0 saturated carbocycles. The molecule has 0 bridgehead atoms. The normalized spacial score (nSPS) is 10.5. The average molecular weight is 314 g/mol. The molecule has 1 aromatic heterocycles. The number of fused-ring (bicyclic) bond motifs is 1. The minimum Gasteiger partial charge on any atom is -0.434 e. The molecule has 3 rings (SSSR count). The number of benzene rings is 2. The van der Waals surface area contributed by atoms with E-state index in [1.165, 1.54) is 0 Å². The van der Waals surface area contributed by atoms with Gasteiger partial charge in [-0.1, -0.05) is 15.9 Å². The van der Waals surface area contributed by atoms with Crippen molar-refractivity contribution in [2.75, 3.05) is 5.73 Å². The summed E-state index contributed by atoms with van der Waals surface area (Å²) in [4.78, 5) is 4.40. The van der Waals surface area contributed by atoms with Crippen molar-refractivity contribution in [3.05, 3.63) is 46.4 Å². The van der Waals surface area contributed by atoms with Gasteiger partial charge >= 0.3 is 0 Å². The number of oxazole rings is 1. The molecule has 1 heterocycles. The Kier molecular flexibility index (Phi) is 2.73. The SMILES string of the molecule is N#Cc1ccc(-c2nc3cc(Br)cc(N)c3o2)cc1. The Morgan fingerprint density at radius 1 is 1.21 bits per heavy atom. The fraction of sp³-hybridized carbons (Fsp3) is 0. The van der Waals surface area contributed by atoms with Crippen molar-refractivity contribution in [2.24, 2.45) is 0 Å². The molecule has 3 aromatic rings. The van der Waals surface area contributed by atoms with Crippen LogP contribution in [0.4, 0.5) is 5.69 Å². The summed E-state index contributed by atoms with van der Waals surface area (Å²) in [7, 11) is 0. The van der Waals surface area contributed by atoms with E-state index in [1.807, 2.05) is 6.07 Å². The molecular formula is C14H8BrN3O. The van der Waals surface area contributed by atoms with Gasteiger partial charge in [0.05, 0.1) is 17.3 Å². The molecule has 5 heteroatoms. The highest BCUT2D eigenvalue weighted by Gasteiger charge is 2.11. The van der Waals surface area contributed by atoms with Crippen molar-refractivity contribution in [2.45, 2.75) is 0 Å². The number of hydrogen-bond acceptors (Lipinski definition) is 4. The minimum atomic E-state index is 0.490. The van der Waals surface area contributed by atoms with E-state index in [0.29, 0.717) is 28.2 Å². The van der Waals surface area contributed by atoms with Crippen LogP contribution in [0.15, 0.2) is 45.3 Å². The second kappa shape index (κ2) is 4.41. The molecule has 2 aromatic carbocycles. The van der Waals surface area contributed by atoms with Crippen LogP contribution in [-0.2, 0) is 0 Å². The van der Waals surface area contributed by atoms with Crippen molar-refractivity contribution >= 4 is 32.7 Å². The molecule has 0 atom stereocenters. The molecule has 4 nitrogen and oxygen atoms in total. The highest BCUT2D eigenvalue weighted by molar-refractivity contribution is 9.10. The third-order valence-corrected chi connectivity index (χ3v) is 3.20. The highest BCUT2D eigenvalue weighted by atomic mass is 79.9. The minimum absolute atomic E-state index is 0.490. The van der Waals surface area contributed by atoms with Crippen LogP contribution in [0.5, 0.6) is 0 Å². The molecule has 92 valence electrons. The van der Waals surface area contributed by atoms with Crippen LogP contribution in [0.2, 0.25) is 0 Å². The molecule has 0 unspecified atom stereocenters. The first-order valence-electron chi connectivity index (χ1n) is 5.53. The molecule has 0 aliphatic rings. The third kappa shape index (κ3) is 2.07. The van der Waals surface area contributed by atoms with E-state index in [9.17, 15) is 0 Å². The Morgan fingerprint density at radius 3 is 2.63 bits per heavy atom. The van der Waals surface area contributed by atoms with Crippen LogP contribution in [0.1, 0.15) is 5.56 Å². The largest absolute Gasteiger partial charge is 0.434 e. The van der Waals surface area contributed by atoms with Gasteiger partial charge in [0, 0.05) is 10.0 Å². The molecule has 0 fully saturated rings. The lowest BCUT2D eigenvalue weighted by Crippen LogP contribution is -1.84. The number of anilines is 1. The molecule has 0 aliphatic carbocycles. The van der Waals surface area contributed by atoms with Crippen LogP contribution in [0.25, 0.3) is 22.6 Å². The lowest BCUT2D eigenvalue weighted by Gasteiger charge is -1.95. The number of nitrogens with zero attached hydrogens (tertiary/aromatic N) is 2. The lowest BCUT2D eigenvalue weighted by atomic mass is 10.1. The molecule has 0 radical (unpaired) electrons. The van der Waals surface area contributed by atoms with Gasteiger partial charge in [0.25, 0.3) is 0 Å². The van der Waals surface area contributed by atoms with E-state index in [4.69, 9.17) is 15.4 Å². The lowest BCUT2D eigenvalue weighted by molar-refractivity contribution is 0.621. The van der Waals surface area contributed by atoms with E-state index < -0.39 is 0 Å². The van der Waals surface area contributed by atoms with Gasteiger partial charge in [-0.25, -0.2) is 4.98 Å². The summed E-state index contributed by atoms with van der Waals surface area (Å²) in [5, 5.41) is 8.77. The molecule has 0 amide bonds. The maximum Gasteiger partial charge on any atom is 0.227 e. The summed E-state index contributed by atoms with van der Waals surface area (Å²) in [5.41, 5.74) is 9.11. The Morgan fingerprint density at radius 2 is 1.95 bits per heavy atom. The number of nitrogen functional groups attached to an aromatic ring is 1. The number of nitriles is 1. The van der Waals surface area contributed by atoms with Gasteiger partial charge < -0.3 is 10.2 Å². The fourth-order valence-electron chi connectivity index (χ4n) is 1.83. The zero-order valence-corrected chi connectivity index (χ0v) is 11.3. The molecule has 2 N–H and O–H groups in total. The van der Waals surface area contributed by atoms with E-state index in [0.717, 1.165) is 10.0 Å². The molecule has 0 aliphatic heterocycles. The smallest absolute Gasteiger partial charge is 0.227 e. The highest BCUT2D eigenvalue weighted by Crippen LogP contribution is 2.30. The van der Waals surface area contributed by atoms with Gasteiger partial charge in [0.2, 0.25) is 5.89 Å². The standard InChI is InChI=1S/C14H8BrN3O/c15-10-5-11(17)13-12(6-10)18-14(19-13)9-3-1-8(7-16)2-4-9/h1-6H,17H2. The Balaban J connectivity index is 2.15. The summed E-state index contributed by atoms with van der Waals surface area (Å²) in [5.74, 6) is 0.490. The van der Waals surface area contributed by atoms with E-state index in [1.54, 1.807) is 30.3 Å². The van der Waals surface area contributed by atoms with Gasteiger partial charge in [0.1, 0.15) is 5.52 Å². The van der Waals surface area contributed by atoms with Crippen LogP contribution in [-0.4, -0.2) is 4.98 Å². The number of rotatable bonds is 1. The first kappa shape index (κ1) is 11.8. The fourth-order valence-corrected chi connectivity index (χ4v) is 2.30. The Bertz CT molecular complexity index is 800. The quantitative estimate of drug-likeness (QED) is 0.695. The van der Waals surface area contributed by atoms with Crippen LogP contribution >= 0.6 is 15.9 Å². The van der Waals surface area contributed by atoms with Gasteiger partial charge in [-0.05, 0) is 36.4 Å². The number of aromatic nitrogens is 1. The maximum atomic E-state index is 8.77. The predicted molar refractivity (Wildman–Crippen MR) is 76.3 cm³/mol. The number of nitrogens with two attached hydrogens (primary N) is 1. The third-order valence-electron chi connectivity index (χ3n) is 2.74. The van der Waals surface area contributed by atoms with Crippen molar-refractivity contribution in [3.63, 3.8) is 0 Å². The Labute approximate surface area is 117 Å². The summed E-state index contributed by atoms with van der Waals surface area (Å²) in [6.45, 7) is 0. The zero-order chi connectivity index (χ0) is 13.4. The molecule has 0 saturated heterocycles. The maximum absolute atomic E-state index is 8.77. The van der Waals surface area contributed by atoms with Crippen LogP contribution in [0, 0.1) is 11.3 Å². The second-order valence-electron chi connectivity index (χ2n) is 4.05. The summed E-state index contributed by atoms with van der Waals surface area (Å²) < 4.78 is 6.53. The molecular weight excluding hydrogens is 306 g/mol. The van der Waals surface area contributed by atoms with Crippen molar-refractivity contribution in [1.29, 1.82) is 5.26 Å². The summed E-state index contributed by atoms with van der Waals surface area (Å²) in [6.07, 6.45) is 0. The van der Waals surface area contributed by atoms with Crippen molar-refractivity contribution < 1.29 is 4.42 Å². The summed E-state index contributed by atoms with van der Waals surface area (Å²) >= 11 is 3.37. The second-order valence-corrected chi connectivity index (χ2v) is 4.97. The van der Waals surface area contributed by atoms with Crippen molar-refractivity contribution in [3.8, 4) is 17.5 Å². The van der Waals surface area contributed by atoms with Gasteiger partial charge in [-0.15, -0.1) is 0 Å². The number of halogens is 1. The molecule has 0 spiro atoms. The van der Waals surface area contributed by atoms with E-state index in [-0.39, 0.29) is 0 Å². The number of hydrogen-bond donors (Lipinski definition) is 1. The average Bonchev–Trinajstić information content (AvgIpc) is 2.83.